The Morgan fingerprint density at radius 3 is 2.00 bits per heavy atom. The molecule has 0 aliphatic heterocycles. The summed E-state index contributed by atoms with van der Waals surface area (Å²) in [5.74, 6) is -1.10. The van der Waals surface area contributed by atoms with Gasteiger partial charge in [-0.25, -0.2) is 9.59 Å². The summed E-state index contributed by atoms with van der Waals surface area (Å²) in [6.07, 6.45) is 0.253. The molecule has 2 aromatic rings. The standard InChI is InChI=1S/C17H17NO4.C2H3BrO/c19-16(20)15(11-13-7-3-1-4-8-13)18-17(21)22-12-14-9-5-2-6-10-14;3-1-2-4/h1-10,15H,11-12H2,(H,18,21)(H,19,20);2H,1H2. The van der Waals surface area contributed by atoms with E-state index in [4.69, 9.17) is 9.53 Å². The lowest BCUT2D eigenvalue weighted by Crippen LogP contribution is -2.42. The maximum absolute atomic E-state index is 11.7. The van der Waals surface area contributed by atoms with E-state index in [1.807, 2.05) is 60.7 Å². The highest BCUT2D eigenvalue weighted by Crippen LogP contribution is 2.05. The fraction of sp³-hybridized carbons (Fsp3) is 0.211. The third kappa shape index (κ3) is 8.98. The molecule has 7 heteroatoms. The minimum absolute atomic E-state index is 0.102. The number of aldehydes is 1. The number of carbonyl (C=O) groups excluding carboxylic acids is 2. The number of halogens is 1. The minimum atomic E-state index is -1.10. The van der Waals surface area contributed by atoms with Crippen LogP contribution in [0.1, 0.15) is 11.1 Å². The topological polar surface area (TPSA) is 92.7 Å². The molecular formula is C19H20BrNO5. The zero-order valence-electron chi connectivity index (χ0n) is 14.0. The third-order valence-electron chi connectivity index (χ3n) is 3.15. The summed E-state index contributed by atoms with van der Waals surface area (Å²) in [7, 11) is 0. The molecule has 1 atom stereocenters. The molecule has 2 N–H and O–H groups in total. The van der Waals surface area contributed by atoms with Crippen LogP contribution in [0.2, 0.25) is 0 Å². The first kappa shape index (κ1) is 21.4. The van der Waals surface area contributed by atoms with Gasteiger partial charge in [-0.2, -0.15) is 0 Å². The average Bonchev–Trinajstić information content (AvgIpc) is 2.67. The van der Waals surface area contributed by atoms with Crippen LogP contribution in [0, 0.1) is 0 Å². The molecule has 0 heterocycles. The normalized spacial score (nSPS) is 10.7. The van der Waals surface area contributed by atoms with E-state index in [2.05, 4.69) is 21.2 Å². The fourth-order valence-electron chi connectivity index (χ4n) is 1.96. The molecule has 6 nitrogen and oxygen atoms in total. The van der Waals surface area contributed by atoms with Crippen LogP contribution >= 0.6 is 15.9 Å². The summed E-state index contributed by atoms with van der Waals surface area (Å²) in [4.78, 5) is 32.1. The van der Waals surface area contributed by atoms with Crippen molar-refractivity contribution in [2.75, 3.05) is 5.33 Å². The van der Waals surface area contributed by atoms with Gasteiger partial charge >= 0.3 is 12.1 Å². The molecule has 0 bridgehead atoms. The van der Waals surface area contributed by atoms with Crippen LogP contribution in [-0.4, -0.2) is 34.8 Å². The molecule has 2 rings (SSSR count). The molecular weight excluding hydrogens is 402 g/mol. The SMILES string of the molecule is O=C(NC(Cc1ccccc1)C(=O)O)OCc1ccccc1.O=CCBr. The van der Waals surface area contributed by atoms with Gasteiger partial charge in [-0.15, -0.1) is 0 Å². The van der Waals surface area contributed by atoms with Crippen molar-refractivity contribution in [3.8, 4) is 0 Å². The largest absolute Gasteiger partial charge is 0.480 e. The number of carboxylic acids is 1. The van der Waals surface area contributed by atoms with Crippen LogP contribution in [0.5, 0.6) is 0 Å². The van der Waals surface area contributed by atoms with E-state index in [-0.39, 0.29) is 13.0 Å². The van der Waals surface area contributed by atoms with E-state index in [0.717, 1.165) is 17.4 Å². The molecule has 138 valence electrons. The second kappa shape index (κ2) is 12.7. The number of rotatable bonds is 7. The van der Waals surface area contributed by atoms with Crippen LogP contribution in [0.4, 0.5) is 4.79 Å². The van der Waals surface area contributed by atoms with E-state index in [1.54, 1.807) is 0 Å². The van der Waals surface area contributed by atoms with Crippen LogP contribution < -0.4 is 5.32 Å². The Bertz CT molecular complexity index is 679. The Hall–Kier alpha value is -2.67. The Morgan fingerprint density at radius 1 is 1.04 bits per heavy atom. The Kier molecular flexibility index (Phi) is 10.4. The number of amides is 1. The van der Waals surface area contributed by atoms with Gasteiger partial charge in [0.05, 0.1) is 5.33 Å². The molecule has 0 aliphatic carbocycles. The number of carboxylic acid groups (broad SMARTS) is 1. The predicted molar refractivity (Wildman–Crippen MR) is 101 cm³/mol. The molecule has 26 heavy (non-hydrogen) atoms. The van der Waals surface area contributed by atoms with Crippen molar-refractivity contribution in [1.82, 2.24) is 5.32 Å². The Morgan fingerprint density at radius 2 is 1.54 bits per heavy atom. The summed E-state index contributed by atoms with van der Waals surface area (Å²) in [5.41, 5.74) is 1.67. The average molecular weight is 422 g/mol. The molecule has 0 aromatic heterocycles. The van der Waals surface area contributed by atoms with Crippen molar-refractivity contribution in [1.29, 1.82) is 0 Å². The number of carbonyl (C=O) groups is 3. The predicted octanol–water partition coefficient (Wildman–Crippen LogP) is 3.19. The number of alkyl halides is 1. The quantitative estimate of drug-likeness (QED) is 0.528. The van der Waals surface area contributed by atoms with Crippen molar-refractivity contribution < 1.29 is 24.2 Å². The maximum Gasteiger partial charge on any atom is 0.408 e. The smallest absolute Gasteiger partial charge is 0.408 e. The second-order valence-electron chi connectivity index (χ2n) is 5.11. The minimum Gasteiger partial charge on any atom is -0.480 e. The van der Waals surface area contributed by atoms with Crippen LogP contribution in [0.15, 0.2) is 60.7 Å². The number of nitrogens with one attached hydrogen (secondary N) is 1. The molecule has 0 radical (unpaired) electrons. The molecule has 1 unspecified atom stereocenters. The van der Waals surface area contributed by atoms with Crippen molar-refractivity contribution in [3.63, 3.8) is 0 Å². The van der Waals surface area contributed by atoms with Gasteiger partial charge in [0, 0.05) is 6.42 Å². The summed E-state index contributed by atoms with van der Waals surface area (Å²) >= 11 is 2.88. The van der Waals surface area contributed by atoms with E-state index < -0.39 is 18.1 Å². The summed E-state index contributed by atoms with van der Waals surface area (Å²) in [6.45, 7) is 0.102. The first-order valence-electron chi connectivity index (χ1n) is 7.80. The number of hydrogen-bond donors (Lipinski definition) is 2. The van der Waals surface area contributed by atoms with Crippen molar-refractivity contribution in [3.05, 3.63) is 71.8 Å². The first-order valence-corrected chi connectivity index (χ1v) is 8.92. The van der Waals surface area contributed by atoms with Gasteiger partial charge in [0.2, 0.25) is 0 Å². The summed E-state index contributed by atoms with van der Waals surface area (Å²) in [5, 5.41) is 12.0. The molecule has 0 saturated heterocycles. The summed E-state index contributed by atoms with van der Waals surface area (Å²) in [6, 6.07) is 17.3. The number of hydrogen-bond acceptors (Lipinski definition) is 4. The van der Waals surface area contributed by atoms with E-state index in [0.29, 0.717) is 5.33 Å². The number of benzene rings is 2. The highest BCUT2D eigenvalue weighted by atomic mass is 79.9. The molecule has 2 aromatic carbocycles. The molecule has 1 amide bonds. The molecule has 0 saturated carbocycles. The van der Waals surface area contributed by atoms with Crippen molar-refractivity contribution in [2.45, 2.75) is 19.1 Å². The van der Waals surface area contributed by atoms with E-state index >= 15 is 0 Å². The maximum atomic E-state index is 11.7. The van der Waals surface area contributed by atoms with E-state index in [9.17, 15) is 14.7 Å². The zero-order valence-corrected chi connectivity index (χ0v) is 15.6. The zero-order chi connectivity index (χ0) is 19.2. The lowest BCUT2D eigenvalue weighted by Gasteiger charge is -2.14. The van der Waals surface area contributed by atoms with Crippen molar-refractivity contribution >= 4 is 34.3 Å². The van der Waals surface area contributed by atoms with Gasteiger partial charge < -0.3 is 20.0 Å². The molecule has 0 aliphatic rings. The first-order chi connectivity index (χ1) is 12.6. The fourth-order valence-corrected chi connectivity index (χ4v) is 1.96. The number of alkyl carbamates (subject to hydrolysis) is 1. The lowest BCUT2D eigenvalue weighted by molar-refractivity contribution is -0.139. The highest BCUT2D eigenvalue weighted by Gasteiger charge is 2.21. The highest BCUT2D eigenvalue weighted by molar-refractivity contribution is 9.09. The van der Waals surface area contributed by atoms with E-state index in [1.165, 1.54) is 0 Å². The van der Waals surface area contributed by atoms with Gasteiger partial charge in [0.15, 0.2) is 0 Å². The second-order valence-corrected chi connectivity index (χ2v) is 5.76. The molecule has 0 fully saturated rings. The van der Waals surface area contributed by atoms with Crippen LogP contribution in [0.25, 0.3) is 0 Å². The molecule has 0 spiro atoms. The lowest BCUT2D eigenvalue weighted by atomic mass is 10.1. The summed E-state index contributed by atoms with van der Waals surface area (Å²) < 4.78 is 5.03. The number of ether oxygens (including phenoxy) is 1. The van der Waals surface area contributed by atoms with Gasteiger partial charge in [-0.3, -0.25) is 0 Å². The van der Waals surface area contributed by atoms with Crippen LogP contribution in [-0.2, 0) is 27.4 Å². The van der Waals surface area contributed by atoms with Gasteiger partial charge in [-0.1, -0.05) is 76.6 Å². The Balaban J connectivity index is 0.000000765. The Labute approximate surface area is 160 Å². The van der Waals surface area contributed by atoms with Gasteiger partial charge in [-0.05, 0) is 11.1 Å². The monoisotopic (exact) mass is 421 g/mol. The van der Waals surface area contributed by atoms with Crippen LogP contribution in [0.3, 0.4) is 0 Å². The van der Waals surface area contributed by atoms with Gasteiger partial charge in [0.25, 0.3) is 0 Å². The van der Waals surface area contributed by atoms with Crippen molar-refractivity contribution in [2.24, 2.45) is 0 Å². The number of aliphatic carboxylic acids is 1. The van der Waals surface area contributed by atoms with Gasteiger partial charge in [0.1, 0.15) is 18.9 Å². The third-order valence-corrected chi connectivity index (χ3v) is 3.41.